The van der Waals surface area contributed by atoms with Gasteiger partial charge >= 0.3 is 6.03 Å². The van der Waals surface area contributed by atoms with E-state index in [0.29, 0.717) is 22.6 Å². The van der Waals surface area contributed by atoms with Gasteiger partial charge in [0.1, 0.15) is 22.8 Å². The van der Waals surface area contributed by atoms with Crippen LogP contribution in [-0.2, 0) is 27.3 Å². The van der Waals surface area contributed by atoms with Gasteiger partial charge in [0.05, 0.1) is 11.6 Å². The summed E-state index contributed by atoms with van der Waals surface area (Å²) in [6, 6.07) is 6.42. The zero-order valence-electron chi connectivity index (χ0n) is 25.2. The van der Waals surface area contributed by atoms with Crippen molar-refractivity contribution in [2.24, 2.45) is 17.6 Å². The number of carbonyl (C=O) groups is 4. The lowest BCUT2D eigenvalue weighted by Crippen LogP contribution is -2.65. The number of fused-ring (bicyclic) bond motifs is 3. The minimum atomic E-state index is -2.73. The first-order valence-corrected chi connectivity index (χ1v) is 14.2. The van der Waals surface area contributed by atoms with Crippen molar-refractivity contribution in [3.8, 4) is 5.75 Å². The Kier molecular flexibility index (Phi) is 7.75. The van der Waals surface area contributed by atoms with Crippen molar-refractivity contribution < 1.29 is 39.6 Å². The van der Waals surface area contributed by atoms with Crippen LogP contribution in [0.1, 0.15) is 23.1 Å². The summed E-state index contributed by atoms with van der Waals surface area (Å²) in [5.74, 6) is -7.25. The number of nitrogens with two attached hydrogens (primary N) is 2. The van der Waals surface area contributed by atoms with Crippen molar-refractivity contribution in [1.29, 1.82) is 0 Å². The number of aliphatic hydroxyl groups is 3. The quantitative estimate of drug-likeness (QED) is 0.167. The normalized spacial score (nSPS) is 24.2. The molecule has 2 aromatic rings. The van der Waals surface area contributed by atoms with E-state index in [1.165, 1.54) is 4.90 Å². The molecule has 10 N–H and O–H groups in total. The standard InChI is InChI=1S/C31H36N6O8/c1-36(2)19-11-14(12-34-30(44)35-16-7-5-15(32)6-8-16)24(38)21-17(19)9-13-10-18-23(37(3)4)26(40)22(29(33)43)28(42)31(18,45)27(41)20(13)25(21)39/h5-8,11,13,18,23,38-39,42,45H,9-10,12,32H2,1-4H3,(H2,33,43)(H2,34,35,44)/t13-,18-,23+,31-/m0/s1. The zero-order valence-corrected chi connectivity index (χ0v) is 25.2. The number of urea groups is 1. The maximum absolute atomic E-state index is 14.1. The average Bonchev–Trinajstić information content (AvgIpc) is 2.95. The number of hydrogen-bond donors (Lipinski definition) is 8. The van der Waals surface area contributed by atoms with Crippen LogP contribution in [0.5, 0.6) is 5.75 Å². The third kappa shape index (κ3) is 4.91. The lowest BCUT2D eigenvalue weighted by Gasteiger charge is -2.50. The highest BCUT2D eigenvalue weighted by atomic mass is 16.3. The molecule has 3 amide bonds. The van der Waals surface area contributed by atoms with Crippen LogP contribution in [-0.4, -0.2) is 88.7 Å². The number of phenolic OH excluding ortho intramolecular Hbond substituents is 1. The Morgan fingerprint density at radius 2 is 1.71 bits per heavy atom. The van der Waals surface area contributed by atoms with Crippen LogP contribution in [0.2, 0.25) is 0 Å². The predicted molar refractivity (Wildman–Crippen MR) is 165 cm³/mol. The van der Waals surface area contributed by atoms with Gasteiger partial charge in [-0.05, 0) is 68.8 Å². The number of ketones is 2. The molecule has 1 fully saturated rings. The average molecular weight is 621 g/mol. The zero-order chi connectivity index (χ0) is 33.1. The second-order valence-electron chi connectivity index (χ2n) is 12.0. The minimum absolute atomic E-state index is 0.0198. The highest BCUT2D eigenvalue weighted by Gasteiger charge is 2.64. The second kappa shape index (κ2) is 11.1. The molecule has 14 heteroatoms. The fraction of sp³-hybridized carbons (Fsp3) is 0.355. The van der Waals surface area contributed by atoms with Crippen molar-refractivity contribution in [2.75, 3.05) is 44.1 Å². The molecule has 0 aromatic heterocycles. The molecule has 0 radical (unpaired) electrons. The van der Waals surface area contributed by atoms with Gasteiger partial charge in [0, 0.05) is 54.8 Å². The first kappa shape index (κ1) is 31.3. The number of nitrogens with zero attached hydrogens (tertiary/aromatic N) is 2. The molecule has 0 unspecified atom stereocenters. The number of likely N-dealkylation sites (N-methyl/N-ethyl adjacent to an activating group) is 1. The van der Waals surface area contributed by atoms with E-state index >= 15 is 0 Å². The van der Waals surface area contributed by atoms with Gasteiger partial charge in [-0.2, -0.15) is 0 Å². The molecule has 45 heavy (non-hydrogen) atoms. The molecule has 0 saturated heterocycles. The molecule has 3 aliphatic rings. The van der Waals surface area contributed by atoms with Crippen molar-refractivity contribution in [2.45, 2.75) is 31.0 Å². The van der Waals surface area contributed by atoms with Gasteiger partial charge in [0.25, 0.3) is 5.91 Å². The third-order valence-corrected chi connectivity index (χ3v) is 8.87. The Hall–Kier alpha value is -5.08. The van der Waals surface area contributed by atoms with Crippen LogP contribution < -0.4 is 27.0 Å². The largest absolute Gasteiger partial charge is 0.508 e. The van der Waals surface area contributed by atoms with Crippen LogP contribution in [0.4, 0.5) is 21.9 Å². The second-order valence-corrected chi connectivity index (χ2v) is 12.0. The van der Waals surface area contributed by atoms with E-state index in [0.717, 1.165) is 0 Å². The van der Waals surface area contributed by atoms with E-state index in [1.807, 2.05) is 0 Å². The van der Waals surface area contributed by atoms with Crippen LogP contribution in [0, 0.1) is 11.8 Å². The minimum Gasteiger partial charge on any atom is -0.508 e. The number of aromatic hydroxyl groups is 1. The molecule has 2 aromatic carbocycles. The number of phenols is 1. The number of benzene rings is 2. The number of rotatable bonds is 6. The van der Waals surface area contributed by atoms with E-state index in [-0.39, 0.29) is 36.1 Å². The van der Waals surface area contributed by atoms with E-state index < -0.39 is 69.8 Å². The maximum atomic E-state index is 14.1. The monoisotopic (exact) mass is 620 g/mol. The van der Waals surface area contributed by atoms with Gasteiger partial charge in [-0.3, -0.25) is 19.3 Å². The lowest BCUT2D eigenvalue weighted by molar-refractivity contribution is -0.153. The van der Waals surface area contributed by atoms with Crippen LogP contribution in [0.15, 0.2) is 47.2 Å². The van der Waals surface area contributed by atoms with Gasteiger partial charge in [0.2, 0.25) is 5.78 Å². The van der Waals surface area contributed by atoms with Crippen LogP contribution in [0.3, 0.4) is 0 Å². The Balaban J connectivity index is 1.57. The van der Waals surface area contributed by atoms with E-state index in [1.54, 1.807) is 63.4 Å². The Morgan fingerprint density at radius 3 is 2.29 bits per heavy atom. The van der Waals surface area contributed by atoms with Crippen molar-refractivity contribution >= 4 is 46.3 Å². The van der Waals surface area contributed by atoms with Gasteiger partial charge in [-0.1, -0.05) is 0 Å². The molecule has 0 heterocycles. The molecule has 0 aliphatic heterocycles. The highest BCUT2D eigenvalue weighted by molar-refractivity contribution is 6.24. The number of hydrogen-bond acceptors (Lipinski definition) is 11. The van der Waals surface area contributed by atoms with Crippen molar-refractivity contribution in [3.63, 3.8) is 0 Å². The molecular weight excluding hydrogens is 584 g/mol. The van der Waals surface area contributed by atoms with Gasteiger partial charge in [-0.25, -0.2) is 4.79 Å². The molecule has 5 rings (SSSR count). The number of aliphatic hydroxyl groups excluding tert-OH is 2. The highest BCUT2D eigenvalue weighted by Crippen LogP contribution is 2.54. The summed E-state index contributed by atoms with van der Waals surface area (Å²) in [6.07, 6.45) is 0.120. The lowest BCUT2D eigenvalue weighted by atomic mass is 9.57. The molecule has 0 spiro atoms. The topological polar surface area (TPSA) is 232 Å². The smallest absolute Gasteiger partial charge is 0.319 e. The molecular formula is C31H36N6O8. The van der Waals surface area contributed by atoms with Gasteiger partial charge in [0.15, 0.2) is 11.4 Å². The summed E-state index contributed by atoms with van der Waals surface area (Å²) in [7, 11) is 6.60. The Labute approximate surface area is 258 Å². The summed E-state index contributed by atoms with van der Waals surface area (Å²) in [4.78, 5) is 55.4. The molecule has 238 valence electrons. The van der Waals surface area contributed by atoms with E-state index in [9.17, 15) is 39.6 Å². The van der Waals surface area contributed by atoms with Gasteiger partial charge < -0.3 is 47.4 Å². The number of Topliss-reactive ketones (excluding diaryl/α,β-unsaturated/α-hetero) is 2. The molecule has 14 nitrogen and oxygen atoms in total. The first-order valence-electron chi connectivity index (χ1n) is 14.2. The number of anilines is 3. The van der Waals surface area contributed by atoms with E-state index in [4.69, 9.17) is 11.5 Å². The molecule has 1 saturated carbocycles. The van der Waals surface area contributed by atoms with Crippen molar-refractivity contribution in [1.82, 2.24) is 10.2 Å². The fourth-order valence-electron chi connectivity index (χ4n) is 6.80. The van der Waals surface area contributed by atoms with Crippen LogP contribution in [0.25, 0.3) is 5.76 Å². The van der Waals surface area contributed by atoms with E-state index in [2.05, 4.69) is 10.6 Å². The number of primary amides is 1. The summed E-state index contributed by atoms with van der Waals surface area (Å²) in [6.45, 7) is -0.162. The third-order valence-electron chi connectivity index (χ3n) is 8.87. The summed E-state index contributed by atoms with van der Waals surface area (Å²) in [5, 5.41) is 51.2. The van der Waals surface area contributed by atoms with Gasteiger partial charge in [-0.15, -0.1) is 0 Å². The van der Waals surface area contributed by atoms with Crippen molar-refractivity contribution in [3.05, 3.63) is 63.9 Å². The number of carbonyl (C=O) groups excluding carboxylic acids is 4. The predicted octanol–water partition coefficient (Wildman–Crippen LogP) is 0.934. The number of nitrogens with one attached hydrogen (secondary N) is 2. The summed E-state index contributed by atoms with van der Waals surface area (Å²) >= 11 is 0. The Bertz CT molecular complexity index is 1700. The van der Waals surface area contributed by atoms with Crippen LogP contribution >= 0.6 is 0 Å². The SMILES string of the molecule is CN(C)c1cc(CNC(=O)Nc2ccc(N)cc2)c(O)c2c1C[C@H]1C[C@H]3[C@@H](N(C)C)C(=O)C(C(N)=O)=C(O)[C@@]3(O)C(=O)C1=C2O. The summed E-state index contributed by atoms with van der Waals surface area (Å²) < 4.78 is 0. The molecule has 4 atom stereocenters. The summed E-state index contributed by atoms with van der Waals surface area (Å²) in [5.41, 5.74) is 9.49. The number of amides is 3. The number of nitrogen functional groups attached to an aromatic ring is 1. The fourth-order valence-corrected chi connectivity index (χ4v) is 6.80. The molecule has 0 bridgehead atoms. The maximum Gasteiger partial charge on any atom is 0.319 e. The Morgan fingerprint density at radius 1 is 1.07 bits per heavy atom. The molecule has 3 aliphatic carbocycles. The first-order chi connectivity index (χ1) is 21.1.